The first kappa shape index (κ1) is 18.3. The molecule has 1 aromatic carbocycles. The largest absolute Gasteiger partial charge is 0.461 e. The SMILES string of the molecule is CCOC(=O)c1c(-c2ccc(C3CCCC3)cc2)c(C#N)c(CC)n1C. The molecule has 4 heteroatoms. The van der Waals surface area contributed by atoms with Gasteiger partial charge in [0.1, 0.15) is 11.8 Å². The molecule has 0 spiro atoms. The maximum Gasteiger partial charge on any atom is 0.355 e. The van der Waals surface area contributed by atoms with Crippen LogP contribution in [0.3, 0.4) is 0 Å². The zero-order valence-electron chi connectivity index (χ0n) is 15.8. The molecule has 0 aliphatic heterocycles. The molecule has 1 aliphatic rings. The molecule has 1 aliphatic carbocycles. The van der Waals surface area contributed by atoms with Crippen molar-refractivity contribution in [1.29, 1.82) is 5.26 Å². The predicted octanol–water partition coefficient (Wildman–Crippen LogP) is 4.96. The van der Waals surface area contributed by atoms with Crippen LogP contribution in [0.4, 0.5) is 0 Å². The normalized spacial score (nSPS) is 14.4. The molecule has 26 heavy (non-hydrogen) atoms. The van der Waals surface area contributed by atoms with Crippen LogP contribution in [0.1, 0.15) is 72.8 Å². The molecule has 0 N–H and O–H groups in total. The third-order valence-electron chi connectivity index (χ3n) is 5.46. The lowest BCUT2D eigenvalue weighted by molar-refractivity contribution is 0.0516. The van der Waals surface area contributed by atoms with Gasteiger partial charge in [0.2, 0.25) is 0 Å². The van der Waals surface area contributed by atoms with Crippen LogP contribution in [0.5, 0.6) is 0 Å². The molecule has 0 saturated heterocycles. The lowest BCUT2D eigenvalue weighted by Gasteiger charge is -2.11. The van der Waals surface area contributed by atoms with Gasteiger partial charge in [-0.15, -0.1) is 0 Å². The van der Waals surface area contributed by atoms with Gasteiger partial charge in [0, 0.05) is 18.3 Å². The van der Waals surface area contributed by atoms with Crippen LogP contribution in [0.2, 0.25) is 0 Å². The summed E-state index contributed by atoms with van der Waals surface area (Å²) in [6, 6.07) is 10.7. The van der Waals surface area contributed by atoms with Gasteiger partial charge in [-0.05, 0) is 43.2 Å². The number of hydrogen-bond acceptors (Lipinski definition) is 3. The number of carbonyl (C=O) groups excluding carboxylic acids is 1. The number of ether oxygens (including phenoxy) is 1. The zero-order chi connectivity index (χ0) is 18.7. The van der Waals surface area contributed by atoms with Crippen LogP contribution in [-0.2, 0) is 18.2 Å². The highest BCUT2D eigenvalue weighted by atomic mass is 16.5. The van der Waals surface area contributed by atoms with E-state index in [1.165, 1.54) is 31.2 Å². The molecule has 0 unspecified atom stereocenters. The number of esters is 1. The Kier molecular flexibility index (Phi) is 5.46. The smallest absolute Gasteiger partial charge is 0.355 e. The summed E-state index contributed by atoms with van der Waals surface area (Å²) in [5.41, 5.74) is 4.87. The molecule has 1 saturated carbocycles. The molecular weight excluding hydrogens is 324 g/mol. The Bertz CT molecular complexity index is 835. The van der Waals surface area contributed by atoms with Crippen molar-refractivity contribution in [1.82, 2.24) is 4.57 Å². The van der Waals surface area contributed by atoms with Crippen LogP contribution in [-0.4, -0.2) is 17.1 Å². The van der Waals surface area contributed by atoms with E-state index in [1.54, 1.807) is 6.92 Å². The molecule has 4 nitrogen and oxygen atoms in total. The van der Waals surface area contributed by atoms with Crippen LogP contribution < -0.4 is 0 Å². The molecule has 1 heterocycles. The minimum atomic E-state index is -0.374. The summed E-state index contributed by atoms with van der Waals surface area (Å²) in [5.74, 6) is 0.270. The van der Waals surface area contributed by atoms with Crippen molar-refractivity contribution in [3.05, 3.63) is 46.8 Å². The Morgan fingerprint density at radius 1 is 1.23 bits per heavy atom. The van der Waals surface area contributed by atoms with Gasteiger partial charge in [0.05, 0.1) is 12.2 Å². The fourth-order valence-electron chi connectivity index (χ4n) is 4.17. The molecule has 3 rings (SSSR count). The summed E-state index contributed by atoms with van der Waals surface area (Å²) < 4.78 is 7.08. The molecule has 0 amide bonds. The second kappa shape index (κ2) is 7.78. The average Bonchev–Trinajstić information content (AvgIpc) is 3.27. The van der Waals surface area contributed by atoms with Crippen LogP contribution in [0.15, 0.2) is 24.3 Å². The highest BCUT2D eigenvalue weighted by Crippen LogP contribution is 2.37. The monoisotopic (exact) mass is 350 g/mol. The van der Waals surface area contributed by atoms with E-state index < -0.39 is 0 Å². The standard InChI is InChI=1S/C22H26N2O2/c1-4-19-18(14-23)20(21(24(19)3)22(25)26-5-2)17-12-10-16(11-13-17)15-8-6-7-9-15/h10-13,15H,4-9H2,1-3H3. The minimum Gasteiger partial charge on any atom is -0.461 e. The molecule has 1 aromatic heterocycles. The van der Waals surface area contributed by atoms with Crippen molar-refractivity contribution in [3.63, 3.8) is 0 Å². The Labute approximate surface area is 155 Å². The number of nitrogens with zero attached hydrogens (tertiary/aromatic N) is 2. The third-order valence-corrected chi connectivity index (χ3v) is 5.46. The summed E-state index contributed by atoms with van der Waals surface area (Å²) in [6.07, 6.45) is 5.80. The highest BCUT2D eigenvalue weighted by Gasteiger charge is 2.27. The second-order valence-corrected chi connectivity index (χ2v) is 6.89. The molecular formula is C22H26N2O2. The minimum absolute atomic E-state index is 0.313. The van der Waals surface area contributed by atoms with Crippen molar-refractivity contribution in [2.24, 2.45) is 7.05 Å². The first-order valence-electron chi connectivity index (χ1n) is 9.51. The van der Waals surface area contributed by atoms with E-state index in [1.807, 2.05) is 30.7 Å². The number of nitriles is 1. The summed E-state index contributed by atoms with van der Waals surface area (Å²) in [6.45, 7) is 4.11. The van der Waals surface area contributed by atoms with E-state index in [9.17, 15) is 10.1 Å². The first-order valence-corrected chi connectivity index (χ1v) is 9.51. The number of rotatable bonds is 5. The van der Waals surface area contributed by atoms with Gasteiger partial charge in [-0.25, -0.2) is 4.79 Å². The highest BCUT2D eigenvalue weighted by molar-refractivity contribution is 5.98. The van der Waals surface area contributed by atoms with Gasteiger partial charge in [-0.3, -0.25) is 0 Å². The van der Waals surface area contributed by atoms with Gasteiger partial charge < -0.3 is 9.30 Å². The molecule has 0 radical (unpaired) electrons. The lowest BCUT2D eigenvalue weighted by atomic mass is 9.93. The van der Waals surface area contributed by atoms with Crippen LogP contribution in [0, 0.1) is 11.3 Å². The fraction of sp³-hybridized carbons (Fsp3) is 0.455. The van der Waals surface area contributed by atoms with Crippen molar-refractivity contribution < 1.29 is 9.53 Å². The topological polar surface area (TPSA) is 55.0 Å². The zero-order valence-corrected chi connectivity index (χ0v) is 15.8. The Balaban J connectivity index is 2.10. The number of hydrogen-bond donors (Lipinski definition) is 0. The molecule has 136 valence electrons. The Hall–Kier alpha value is -2.54. The quantitative estimate of drug-likeness (QED) is 0.716. The van der Waals surface area contributed by atoms with Crippen molar-refractivity contribution in [2.45, 2.75) is 51.9 Å². The van der Waals surface area contributed by atoms with Crippen molar-refractivity contribution in [3.8, 4) is 17.2 Å². The molecule has 0 bridgehead atoms. The van der Waals surface area contributed by atoms with E-state index in [0.717, 1.165) is 11.3 Å². The lowest BCUT2D eigenvalue weighted by Crippen LogP contribution is -2.12. The summed E-state index contributed by atoms with van der Waals surface area (Å²) in [5, 5.41) is 9.75. The third kappa shape index (κ3) is 3.14. The summed E-state index contributed by atoms with van der Waals surface area (Å²) in [7, 11) is 1.84. The predicted molar refractivity (Wildman–Crippen MR) is 102 cm³/mol. The fourth-order valence-corrected chi connectivity index (χ4v) is 4.17. The second-order valence-electron chi connectivity index (χ2n) is 6.89. The Morgan fingerprint density at radius 3 is 2.42 bits per heavy atom. The molecule has 0 atom stereocenters. The number of aromatic nitrogens is 1. The van der Waals surface area contributed by atoms with Crippen LogP contribution >= 0.6 is 0 Å². The molecule has 1 fully saturated rings. The van der Waals surface area contributed by atoms with E-state index in [2.05, 4.69) is 18.2 Å². The maximum absolute atomic E-state index is 12.6. The maximum atomic E-state index is 12.6. The van der Waals surface area contributed by atoms with Gasteiger partial charge in [0.15, 0.2) is 0 Å². The van der Waals surface area contributed by atoms with Gasteiger partial charge in [0.25, 0.3) is 0 Å². The van der Waals surface area contributed by atoms with Gasteiger partial charge >= 0.3 is 5.97 Å². The van der Waals surface area contributed by atoms with E-state index in [-0.39, 0.29) is 5.97 Å². The van der Waals surface area contributed by atoms with E-state index in [4.69, 9.17) is 4.74 Å². The molecule has 2 aromatic rings. The average molecular weight is 350 g/mol. The number of benzene rings is 1. The number of carbonyl (C=O) groups is 1. The van der Waals surface area contributed by atoms with E-state index in [0.29, 0.717) is 35.8 Å². The van der Waals surface area contributed by atoms with Gasteiger partial charge in [-0.2, -0.15) is 5.26 Å². The van der Waals surface area contributed by atoms with E-state index >= 15 is 0 Å². The van der Waals surface area contributed by atoms with Crippen molar-refractivity contribution in [2.75, 3.05) is 6.61 Å². The van der Waals surface area contributed by atoms with Crippen LogP contribution in [0.25, 0.3) is 11.1 Å². The van der Waals surface area contributed by atoms with Crippen molar-refractivity contribution >= 4 is 5.97 Å². The first-order chi connectivity index (χ1) is 12.6. The summed E-state index contributed by atoms with van der Waals surface area (Å²) in [4.78, 5) is 12.6. The summed E-state index contributed by atoms with van der Waals surface area (Å²) >= 11 is 0. The Morgan fingerprint density at radius 2 is 1.88 bits per heavy atom. The van der Waals surface area contributed by atoms with Gasteiger partial charge in [-0.1, -0.05) is 44.0 Å².